The molecule has 0 unspecified atom stereocenters. The highest BCUT2D eigenvalue weighted by atomic mass is 79.9. The zero-order valence-corrected chi connectivity index (χ0v) is 15.5. The van der Waals surface area contributed by atoms with Gasteiger partial charge in [-0.15, -0.1) is 0 Å². The minimum absolute atomic E-state index is 0.186. The van der Waals surface area contributed by atoms with Crippen LogP contribution < -0.4 is 10.6 Å². The summed E-state index contributed by atoms with van der Waals surface area (Å²) < 4.78 is 0.908. The lowest BCUT2D eigenvalue weighted by Crippen LogP contribution is -2.23. The lowest BCUT2D eigenvalue weighted by molar-refractivity contribution is 0.0949. The van der Waals surface area contributed by atoms with Gasteiger partial charge in [0.1, 0.15) is 0 Å². The number of rotatable bonds is 5. The molecule has 3 aromatic carbocycles. The number of halogens is 1. The molecule has 5 heteroatoms. The van der Waals surface area contributed by atoms with E-state index in [0.717, 1.165) is 10.0 Å². The van der Waals surface area contributed by atoms with E-state index in [1.807, 2.05) is 42.5 Å². The first-order valence-corrected chi connectivity index (χ1v) is 8.90. The van der Waals surface area contributed by atoms with Gasteiger partial charge in [0.2, 0.25) is 0 Å². The van der Waals surface area contributed by atoms with E-state index in [2.05, 4.69) is 26.6 Å². The van der Waals surface area contributed by atoms with Crippen molar-refractivity contribution < 1.29 is 9.59 Å². The van der Waals surface area contributed by atoms with Crippen molar-refractivity contribution in [2.45, 2.75) is 6.54 Å². The molecule has 2 N–H and O–H groups in total. The topological polar surface area (TPSA) is 58.2 Å². The van der Waals surface area contributed by atoms with Crippen LogP contribution in [-0.4, -0.2) is 11.8 Å². The molecule has 0 bridgehead atoms. The van der Waals surface area contributed by atoms with Crippen molar-refractivity contribution in [2.24, 2.45) is 0 Å². The molecule has 2 amide bonds. The van der Waals surface area contributed by atoms with Crippen molar-refractivity contribution in [1.29, 1.82) is 0 Å². The molecule has 0 aliphatic heterocycles. The molecule has 0 spiro atoms. The van der Waals surface area contributed by atoms with Crippen LogP contribution in [0.25, 0.3) is 0 Å². The Balaban J connectivity index is 1.64. The maximum Gasteiger partial charge on any atom is 0.255 e. The number of amides is 2. The second kappa shape index (κ2) is 8.45. The Morgan fingerprint density at radius 3 is 2.23 bits per heavy atom. The third-order valence-electron chi connectivity index (χ3n) is 3.78. The number of carbonyl (C=O) groups is 2. The van der Waals surface area contributed by atoms with E-state index in [9.17, 15) is 9.59 Å². The first-order valence-electron chi connectivity index (χ1n) is 8.11. The first-order chi connectivity index (χ1) is 12.6. The molecule has 0 fully saturated rings. The molecule has 0 aromatic heterocycles. The molecule has 0 saturated carbocycles. The number of benzene rings is 3. The number of nitrogens with one attached hydrogen (secondary N) is 2. The summed E-state index contributed by atoms with van der Waals surface area (Å²) in [7, 11) is 0. The molecule has 0 radical (unpaired) electrons. The van der Waals surface area contributed by atoms with Crippen molar-refractivity contribution in [3.05, 3.63) is 100 Å². The van der Waals surface area contributed by atoms with Gasteiger partial charge in [-0.1, -0.05) is 52.3 Å². The van der Waals surface area contributed by atoms with Crippen molar-refractivity contribution in [2.75, 3.05) is 5.32 Å². The van der Waals surface area contributed by atoms with Crippen LogP contribution in [0.4, 0.5) is 5.69 Å². The van der Waals surface area contributed by atoms with Crippen LogP contribution in [0.1, 0.15) is 26.3 Å². The third-order valence-corrected chi connectivity index (χ3v) is 4.31. The smallest absolute Gasteiger partial charge is 0.255 e. The fraction of sp³-hybridized carbons (Fsp3) is 0.0476. The van der Waals surface area contributed by atoms with Gasteiger partial charge in [-0.05, 0) is 48.0 Å². The Bertz CT molecular complexity index is 909. The minimum atomic E-state index is -0.223. The van der Waals surface area contributed by atoms with Gasteiger partial charge in [0, 0.05) is 27.8 Å². The summed E-state index contributed by atoms with van der Waals surface area (Å²) in [5.41, 5.74) is 2.65. The van der Waals surface area contributed by atoms with E-state index >= 15 is 0 Å². The molecule has 0 atom stereocenters. The molecule has 26 heavy (non-hydrogen) atoms. The standard InChI is InChI=1S/C21H17BrN2O2/c22-18-11-9-16(10-12-18)21(26)24-19-8-4-7-17(13-19)20(25)23-14-15-5-2-1-3-6-15/h1-13H,14H2,(H,23,25)(H,24,26). The molecular formula is C21H17BrN2O2. The van der Waals surface area contributed by atoms with Gasteiger partial charge in [-0.3, -0.25) is 9.59 Å². The lowest BCUT2D eigenvalue weighted by atomic mass is 10.1. The summed E-state index contributed by atoms with van der Waals surface area (Å²) in [6.07, 6.45) is 0. The van der Waals surface area contributed by atoms with Crippen molar-refractivity contribution in [3.8, 4) is 0 Å². The molecule has 4 nitrogen and oxygen atoms in total. The van der Waals surface area contributed by atoms with Crippen LogP contribution >= 0.6 is 15.9 Å². The largest absolute Gasteiger partial charge is 0.348 e. The summed E-state index contributed by atoms with van der Waals surface area (Å²) in [5.74, 6) is -0.409. The maximum absolute atomic E-state index is 12.3. The summed E-state index contributed by atoms with van der Waals surface area (Å²) >= 11 is 3.34. The summed E-state index contributed by atoms with van der Waals surface area (Å²) in [4.78, 5) is 24.6. The zero-order valence-electron chi connectivity index (χ0n) is 13.9. The second-order valence-corrected chi connectivity index (χ2v) is 6.63. The molecule has 0 heterocycles. The molecule has 0 aliphatic carbocycles. The minimum Gasteiger partial charge on any atom is -0.348 e. The second-order valence-electron chi connectivity index (χ2n) is 5.71. The van der Waals surface area contributed by atoms with E-state index in [4.69, 9.17) is 0 Å². The van der Waals surface area contributed by atoms with Gasteiger partial charge in [-0.2, -0.15) is 0 Å². The molecule has 0 aliphatic rings. The third kappa shape index (κ3) is 4.80. The number of carbonyl (C=O) groups excluding carboxylic acids is 2. The fourth-order valence-electron chi connectivity index (χ4n) is 2.42. The van der Waals surface area contributed by atoms with Crippen LogP contribution in [0.15, 0.2) is 83.3 Å². The molecular weight excluding hydrogens is 392 g/mol. The fourth-order valence-corrected chi connectivity index (χ4v) is 2.69. The van der Waals surface area contributed by atoms with Crippen LogP contribution in [0.2, 0.25) is 0 Å². The van der Waals surface area contributed by atoms with Gasteiger partial charge in [0.05, 0.1) is 0 Å². The highest BCUT2D eigenvalue weighted by Crippen LogP contribution is 2.15. The Morgan fingerprint density at radius 2 is 1.50 bits per heavy atom. The van der Waals surface area contributed by atoms with Gasteiger partial charge >= 0.3 is 0 Å². The van der Waals surface area contributed by atoms with Crippen LogP contribution in [-0.2, 0) is 6.54 Å². The Morgan fingerprint density at radius 1 is 0.769 bits per heavy atom. The van der Waals surface area contributed by atoms with Gasteiger partial charge < -0.3 is 10.6 Å². The van der Waals surface area contributed by atoms with Crippen LogP contribution in [0.5, 0.6) is 0 Å². The van der Waals surface area contributed by atoms with E-state index in [-0.39, 0.29) is 11.8 Å². The van der Waals surface area contributed by atoms with Crippen molar-refractivity contribution >= 4 is 33.4 Å². The first kappa shape index (κ1) is 17.9. The average Bonchev–Trinajstić information content (AvgIpc) is 2.67. The Labute approximate surface area is 160 Å². The summed E-state index contributed by atoms with van der Waals surface area (Å²) in [6, 6.07) is 23.7. The van der Waals surface area contributed by atoms with E-state index in [1.165, 1.54) is 0 Å². The van der Waals surface area contributed by atoms with Gasteiger partial charge in [-0.25, -0.2) is 0 Å². The maximum atomic E-state index is 12.3. The van der Waals surface area contributed by atoms with Crippen LogP contribution in [0, 0.1) is 0 Å². The average molecular weight is 409 g/mol. The molecule has 0 saturated heterocycles. The summed E-state index contributed by atoms with van der Waals surface area (Å²) in [6.45, 7) is 0.454. The number of anilines is 1. The normalized spacial score (nSPS) is 10.2. The molecule has 3 aromatic rings. The van der Waals surface area contributed by atoms with Crippen LogP contribution in [0.3, 0.4) is 0 Å². The highest BCUT2D eigenvalue weighted by molar-refractivity contribution is 9.10. The molecule has 130 valence electrons. The van der Waals surface area contributed by atoms with E-state index in [1.54, 1.807) is 36.4 Å². The Kier molecular flexibility index (Phi) is 5.81. The predicted octanol–water partition coefficient (Wildman–Crippen LogP) is 4.63. The predicted molar refractivity (Wildman–Crippen MR) is 106 cm³/mol. The summed E-state index contributed by atoms with van der Waals surface area (Å²) in [5, 5.41) is 5.69. The van der Waals surface area contributed by atoms with Crippen molar-refractivity contribution in [1.82, 2.24) is 5.32 Å². The quantitative estimate of drug-likeness (QED) is 0.646. The van der Waals surface area contributed by atoms with Crippen molar-refractivity contribution in [3.63, 3.8) is 0 Å². The number of hydrogen-bond donors (Lipinski definition) is 2. The SMILES string of the molecule is O=C(NCc1ccccc1)c1cccc(NC(=O)c2ccc(Br)cc2)c1. The monoisotopic (exact) mass is 408 g/mol. The number of hydrogen-bond acceptors (Lipinski definition) is 2. The molecule has 3 rings (SSSR count). The van der Waals surface area contributed by atoms with E-state index < -0.39 is 0 Å². The zero-order chi connectivity index (χ0) is 18.4. The lowest BCUT2D eigenvalue weighted by Gasteiger charge is -2.09. The van der Waals surface area contributed by atoms with Gasteiger partial charge in [0.15, 0.2) is 0 Å². The Hall–Kier alpha value is -2.92. The van der Waals surface area contributed by atoms with Gasteiger partial charge in [0.25, 0.3) is 11.8 Å². The van der Waals surface area contributed by atoms with E-state index in [0.29, 0.717) is 23.4 Å². The highest BCUT2D eigenvalue weighted by Gasteiger charge is 2.09.